The van der Waals surface area contributed by atoms with Gasteiger partial charge in [-0.05, 0) is 18.2 Å². The highest BCUT2D eigenvalue weighted by atomic mass is 35.5. The summed E-state index contributed by atoms with van der Waals surface area (Å²) in [5.41, 5.74) is -0.793. The molecule has 0 atom stereocenters. The van der Waals surface area contributed by atoms with Crippen LogP contribution in [0, 0.1) is 5.82 Å². The van der Waals surface area contributed by atoms with Gasteiger partial charge in [0.25, 0.3) is 10.0 Å². The molecule has 2 aromatic rings. The Balaban J connectivity index is 2.50. The monoisotopic (exact) mass is 333 g/mol. The number of carbonyl (C=O) groups is 1. The van der Waals surface area contributed by atoms with Gasteiger partial charge >= 0.3 is 5.97 Å². The summed E-state index contributed by atoms with van der Waals surface area (Å²) in [7, 11) is -2.80. The molecule has 0 aliphatic carbocycles. The van der Waals surface area contributed by atoms with E-state index < -0.39 is 27.4 Å². The van der Waals surface area contributed by atoms with Gasteiger partial charge in [-0.2, -0.15) is 13.5 Å². The number of benzene rings is 1. The third-order valence-electron chi connectivity index (χ3n) is 2.55. The number of nitrogens with zero attached hydrogens (tertiary/aromatic N) is 2. The predicted molar refractivity (Wildman–Crippen MR) is 72.4 cm³/mol. The van der Waals surface area contributed by atoms with Gasteiger partial charge in [0.05, 0.1) is 22.5 Å². The Morgan fingerprint density at radius 3 is 2.67 bits per heavy atom. The van der Waals surface area contributed by atoms with E-state index in [0.717, 1.165) is 23.0 Å². The Hall–Kier alpha value is -2.13. The molecule has 2 N–H and O–H groups in total. The van der Waals surface area contributed by atoms with Crippen molar-refractivity contribution in [1.29, 1.82) is 0 Å². The van der Waals surface area contributed by atoms with E-state index in [2.05, 4.69) is 9.82 Å². The van der Waals surface area contributed by atoms with E-state index in [-0.39, 0.29) is 15.7 Å². The van der Waals surface area contributed by atoms with E-state index in [1.165, 1.54) is 7.05 Å². The largest absolute Gasteiger partial charge is 0.478 e. The van der Waals surface area contributed by atoms with Crippen LogP contribution in [-0.2, 0) is 17.1 Å². The van der Waals surface area contributed by atoms with Crippen LogP contribution in [0.1, 0.15) is 10.4 Å². The first-order valence-corrected chi connectivity index (χ1v) is 7.31. The summed E-state index contributed by atoms with van der Waals surface area (Å²) >= 11 is 5.74. The van der Waals surface area contributed by atoms with Crippen molar-refractivity contribution < 1.29 is 22.7 Å². The highest BCUT2D eigenvalue weighted by Crippen LogP contribution is 2.25. The Labute approximate surface area is 124 Å². The molecule has 10 heteroatoms. The number of nitrogens with one attached hydrogen (secondary N) is 1. The van der Waals surface area contributed by atoms with Crippen LogP contribution in [0.3, 0.4) is 0 Å². The molecule has 7 nitrogen and oxygen atoms in total. The Kier molecular flexibility index (Phi) is 3.88. The molecule has 0 aliphatic heterocycles. The molecule has 0 saturated carbocycles. The Morgan fingerprint density at radius 1 is 1.48 bits per heavy atom. The number of anilines is 1. The van der Waals surface area contributed by atoms with Crippen molar-refractivity contribution in [3.8, 4) is 0 Å². The first-order valence-electron chi connectivity index (χ1n) is 5.45. The number of rotatable bonds is 4. The van der Waals surface area contributed by atoms with E-state index in [1.54, 1.807) is 0 Å². The molecular weight excluding hydrogens is 325 g/mol. The Bertz CT molecular complexity index is 799. The second kappa shape index (κ2) is 5.34. The lowest BCUT2D eigenvalue weighted by Gasteiger charge is -2.11. The summed E-state index contributed by atoms with van der Waals surface area (Å²) < 4.78 is 40.6. The maximum atomic E-state index is 13.1. The lowest BCUT2D eigenvalue weighted by atomic mass is 10.2. The van der Waals surface area contributed by atoms with Gasteiger partial charge < -0.3 is 5.11 Å². The third-order valence-corrected chi connectivity index (χ3v) is 4.42. The maximum absolute atomic E-state index is 13.1. The summed E-state index contributed by atoms with van der Waals surface area (Å²) in [4.78, 5) is 11.0. The van der Waals surface area contributed by atoms with Crippen molar-refractivity contribution in [3.63, 3.8) is 0 Å². The summed E-state index contributed by atoms with van der Waals surface area (Å²) in [6.07, 6.45) is 1.14. The first-order chi connectivity index (χ1) is 9.72. The van der Waals surface area contributed by atoms with Gasteiger partial charge in [-0.3, -0.25) is 9.40 Å². The number of carboxylic acids is 1. The fourth-order valence-corrected chi connectivity index (χ4v) is 3.42. The number of aromatic carboxylic acids is 1. The first kappa shape index (κ1) is 15.3. The predicted octanol–water partition coefficient (Wildman–Crippen LogP) is 1.71. The smallest absolute Gasteiger partial charge is 0.337 e. The van der Waals surface area contributed by atoms with Gasteiger partial charge in [-0.1, -0.05) is 11.6 Å². The molecule has 112 valence electrons. The zero-order valence-corrected chi connectivity index (χ0v) is 12.1. The van der Waals surface area contributed by atoms with Crippen molar-refractivity contribution in [1.82, 2.24) is 9.78 Å². The second-order valence-corrected chi connectivity index (χ2v) is 6.03. The van der Waals surface area contributed by atoms with Crippen LogP contribution >= 0.6 is 11.6 Å². The molecule has 1 aromatic carbocycles. The number of hydrogen-bond acceptors (Lipinski definition) is 4. The number of aromatic nitrogens is 2. The topological polar surface area (TPSA) is 101 Å². The van der Waals surface area contributed by atoms with Gasteiger partial charge in [0, 0.05) is 7.05 Å². The molecule has 0 spiro atoms. The summed E-state index contributed by atoms with van der Waals surface area (Å²) in [5, 5.41) is 12.2. The fraction of sp³-hybridized carbons (Fsp3) is 0.0909. The summed E-state index contributed by atoms with van der Waals surface area (Å²) in [6.45, 7) is 0. The van der Waals surface area contributed by atoms with E-state index in [4.69, 9.17) is 16.7 Å². The zero-order valence-electron chi connectivity index (χ0n) is 10.5. The number of hydrogen-bond donors (Lipinski definition) is 2. The van der Waals surface area contributed by atoms with Crippen molar-refractivity contribution >= 4 is 33.3 Å². The standard InChI is InChI=1S/C11H9ClFN3O4S/c1-16-10(8(12)5-14-16)21(19,20)15-9-3-2-6(13)4-7(9)11(17)18/h2-5,15H,1H3,(H,17,18). The highest BCUT2D eigenvalue weighted by molar-refractivity contribution is 7.92. The zero-order chi connectivity index (χ0) is 15.8. The molecule has 0 bridgehead atoms. The minimum absolute atomic E-state index is 0.121. The molecule has 0 aliphatic rings. The number of carboxylic acid groups (broad SMARTS) is 1. The van der Waals surface area contributed by atoms with Crippen LogP contribution in [0.4, 0.5) is 10.1 Å². The summed E-state index contributed by atoms with van der Waals surface area (Å²) in [5.74, 6) is -2.27. The molecule has 1 aromatic heterocycles. The molecule has 0 saturated heterocycles. The van der Waals surface area contributed by atoms with Gasteiger partial charge in [0.1, 0.15) is 5.82 Å². The molecule has 21 heavy (non-hydrogen) atoms. The van der Waals surface area contributed by atoms with Crippen LogP contribution in [-0.4, -0.2) is 29.3 Å². The molecule has 2 rings (SSSR count). The van der Waals surface area contributed by atoms with Crippen LogP contribution in [0.15, 0.2) is 29.4 Å². The number of aryl methyl sites for hydroxylation is 1. The maximum Gasteiger partial charge on any atom is 0.337 e. The molecular formula is C11H9ClFN3O4S. The SMILES string of the molecule is Cn1ncc(Cl)c1S(=O)(=O)Nc1ccc(F)cc1C(=O)O. The quantitative estimate of drug-likeness (QED) is 0.887. The van der Waals surface area contributed by atoms with Crippen molar-refractivity contribution in [2.75, 3.05) is 4.72 Å². The van der Waals surface area contributed by atoms with Gasteiger partial charge in [-0.15, -0.1) is 0 Å². The minimum atomic E-state index is -4.17. The normalized spacial score (nSPS) is 11.4. The van der Waals surface area contributed by atoms with Crippen LogP contribution in [0.25, 0.3) is 0 Å². The molecule has 0 unspecified atom stereocenters. The molecule has 1 heterocycles. The van der Waals surface area contributed by atoms with Crippen molar-refractivity contribution in [2.45, 2.75) is 5.03 Å². The van der Waals surface area contributed by atoms with Gasteiger partial charge in [-0.25, -0.2) is 9.18 Å². The average Bonchev–Trinajstić information content (AvgIpc) is 2.71. The Morgan fingerprint density at radius 2 is 2.14 bits per heavy atom. The van der Waals surface area contributed by atoms with Crippen molar-refractivity contribution in [2.24, 2.45) is 7.05 Å². The molecule has 0 amide bonds. The van der Waals surface area contributed by atoms with E-state index in [0.29, 0.717) is 6.07 Å². The molecule has 0 radical (unpaired) electrons. The lowest BCUT2D eigenvalue weighted by molar-refractivity contribution is 0.0697. The van der Waals surface area contributed by atoms with E-state index in [1.807, 2.05) is 0 Å². The van der Waals surface area contributed by atoms with Crippen molar-refractivity contribution in [3.05, 3.63) is 40.8 Å². The number of sulfonamides is 1. The third kappa shape index (κ3) is 2.98. The van der Waals surface area contributed by atoms with Crippen LogP contribution in [0.2, 0.25) is 5.02 Å². The van der Waals surface area contributed by atoms with Crippen LogP contribution in [0.5, 0.6) is 0 Å². The lowest BCUT2D eigenvalue weighted by Crippen LogP contribution is -2.19. The van der Waals surface area contributed by atoms with Gasteiger partial charge in [0.2, 0.25) is 0 Å². The van der Waals surface area contributed by atoms with E-state index >= 15 is 0 Å². The second-order valence-electron chi connectivity index (χ2n) is 4.02. The van der Waals surface area contributed by atoms with E-state index in [9.17, 15) is 17.6 Å². The highest BCUT2D eigenvalue weighted by Gasteiger charge is 2.25. The average molecular weight is 334 g/mol. The van der Waals surface area contributed by atoms with Crippen LogP contribution < -0.4 is 4.72 Å². The van der Waals surface area contributed by atoms with Gasteiger partial charge in [0.15, 0.2) is 5.03 Å². The summed E-state index contributed by atoms with van der Waals surface area (Å²) in [6, 6.07) is 2.67. The minimum Gasteiger partial charge on any atom is -0.478 e. The number of halogens is 2. The fourth-order valence-electron chi connectivity index (χ4n) is 1.68. The molecule has 0 fully saturated rings.